The Morgan fingerprint density at radius 1 is 1.00 bits per heavy atom. The lowest BCUT2D eigenvalue weighted by molar-refractivity contribution is -0.179. The molecule has 0 aliphatic rings. The molecule has 0 saturated heterocycles. The van der Waals surface area contributed by atoms with Crippen LogP contribution in [0.25, 0.3) is 0 Å². The van der Waals surface area contributed by atoms with Gasteiger partial charge in [-0.3, -0.25) is 0 Å². The third kappa shape index (κ3) is 6.51. The lowest BCUT2D eigenvalue weighted by atomic mass is 10.2. The smallest absolute Gasteiger partial charge is 0.359 e. The van der Waals surface area contributed by atoms with Crippen molar-refractivity contribution in [3.63, 3.8) is 0 Å². The average molecular weight is 310 g/mol. The Bertz CT molecular complexity index is 489. The van der Waals surface area contributed by atoms with Crippen LogP contribution in [0.15, 0.2) is 18.6 Å². The summed E-state index contributed by atoms with van der Waals surface area (Å²) in [6.07, 6.45) is 1.13. The number of nitrogens with zero attached hydrogens (tertiary/aromatic N) is 2. The van der Waals surface area contributed by atoms with Crippen LogP contribution in [0.3, 0.4) is 0 Å². The number of ether oxygens (including phenoxy) is 3. The topological polar surface area (TPSA) is 87.6 Å². The van der Waals surface area contributed by atoms with Crippen LogP contribution in [0.2, 0.25) is 0 Å². The maximum atomic E-state index is 12.2. The SMILES string of the molecule is CC(C)(C)OC(=O)C(Oc1ccncn1)C(=O)OC(C)(C)C. The summed E-state index contributed by atoms with van der Waals surface area (Å²) in [7, 11) is 0. The molecule has 122 valence electrons. The normalized spacial score (nSPS) is 12.0. The molecule has 22 heavy (non-hydrogen) atoms. The van der Waals surface area contributed by atoms with Crippen LogP contribution in [0.1, 0.15) is 41.5 Å². The van der Waals surface area contributed by atoms with E-state index < -0.39 is 29.2 Å². The molecule has 0 N–H and O–H groups in total. The highest BCUT2D eigenvalue weighted by Crippen LogP contribution is 2.16. The number of esters is 2. The number of carbonyl (C=O) groups is 2. The van der Waals surface area contributed by atoms with Crippen molar-refractivity contribution in [1.29, 1.82) is 0 Å². The van der Waals surface area contributed by atoms with E-state index in [0.29, 0.717) is 0 Å². The van der Waals surface area contributed by atoms with Crippen LogP contribution in [-0.4, -0.2) is 39.2 Å². The van der Waals surface area contributed by atoms with E-state index in [2.05, 4.69) is 9.97 Å². The third-order valence-electron chi connectivity index (χ3n) is 2.04. The van der Waals surface area contributed by atoms with Gasteiger partial charge in [-0.2, -0.15) is 0 Å². The van der Waals surface area contributed by atoms with E-state index in [1.54, 1.807) is 41.5 Å². The maximum Gasteiger partial charge on any atom is 0.359 e. The Hall–Kier alpha value is -2.18. The molecule has 0 aromatic carbocycles. The standard InChI is InChI=1S/C15H22N2O5/c1-14(2,3)21-12(18)11(13(19)22-15(4,5)6)20-10-7-8-16-9-17-10/h7-9,11H,1-6H3. The van der Waals surface area contributed by atoms with Crippen LogP contribution in [0, 0.1) is 0 Å². The summed E-state index contributed by atoms with van der Waals surface area (Å²) >= 11 is 0. The second-order valence-corrected chi connectivity index (χ2v) is 6.61. The molecule has 1 aromatic heterocycles. The molecule has 0 atom stereocenters. The number of rotatable bonds is 4. The molecule has 0 aliphatic carbocycles. The third-order valence-corrected chi connectivity index (χ3v) is 2.04. The molecule has 0 fully saturated rings. The van der Waals surface area contributed by atoms with Crippen molar-refractivity contribution in [2.75, 3.05) is 0 Å². The predicted octanol–water partition coefficient (Wildman–Crippen LogP) is 1.91. The average Bonchev–Trinajstić information content (AvgIpc) is 2.32. The molecule has 1 heterocycles. The van der Waals surface area contributed by atoms with Gasteiger partial charge in [0.1, 0.15) is 17.5 Å². The van der Waals surface area contributed by atoms with Crippen LogP contribution in [0.4, 0.5) is 0 Å². The summed E-state index contributed by atoms with van der Waals surface area (Å²) in [5.74, 6) is -1.59. The highest BCUT2D eigenvalue weighted by molar-refractivity contribution is 5.98. The monoisotopic (exact) mass is 310 g/mol. The maximum absolute atomic E-state index is 12.2. The second kappa shape index (κ2) is 6.72. The van der Waals surface area contributed by atoms with Crippen LogP contribution in [0.5, 0.6) is 5.88 Å². The molecule has 1 aromatic rings. The quantitative estimate of drug-likeness (QED) is 0.620. The lowest BCUT2D eigenvalue weighted by Crippen LogP contribution is -2.44. The molecular weight excluding hydrogens is 288 g/mol. The number of aromatic nitrogens is 2. The fourth-order valence-corrected chi connectivity index (χ4v) is 1.37. The first kappa shape index (κ1) is 17.9. The summed E-state index contributed by atoms with van der Waals surface area (Å²) in [6.45, 7) is 10.2. The van der Waals surface area contributed by atoms with E-state index in [-0.39, 0.29) is 5.88 Å². The number of hydrogen-bond donors (Lipinski definition) is 0. The summed E-state index contributed by atoms with van der Waals surface area (Å²) in [5, 5.41) is 0. The molecular formula is C15H22N2O5. The van der Waals surface area contributed by atoms with Crippen molar-refractivity contribution < 1.29 is 23.8 Å². The van der Waals surface area contributed by atoms with Gasteiger partial charge in [0.05, 0.1) is 0 Å². The fourth-order valence-electron chi connectivity index (χ4n) is 1.37. The van der Waals surface area contributed by atoms with Crippen molar-refractivity contribution in [3.05, 3.63) is 18.6 Å². The predicted molar refractivity (Wildman–Crippen MR) is 78.1 cm³/mol. The number of carbonyl (C=O) groups excluding carboxylic acids is 2. The van der Waals surface area contributed by atoms with E-state index >= 15 is 0 Å². The molecule has 1 rings (SSSR count). The molecule has 0 radical (unpaired) electrons. The van der Waals surface area contributed by atoms with Crippen molar-refractivity contribution >= 4 is 11.9 Å². The fraction of sp³-hybridized carbons (Fsp3) is 0.600. The minimum atomic E-state index is -1.55. The Morgan fingerprint density at radius 3 is 1.86 bits per heavy atom. The first-order chi connectivity index (χ1) is 9.98. The minimum Gasteiger partial charge on any atom is -0.457 e. The second-order valence-electron chi connectivity index (χ2n) is 6.61. The van der Waals surface area contributed by atoms with E-state index in [0.717, 1.165) is 0 Å². The Morgan fingerprint density at radius 2 is 1.50 bits per heavy atom. The van der Waals surface area contributed by atoms with Gasteiger partial charge < -0.3 is 14.2 Å². The molecule has 0 aliphatic heterocycles. The summed E-state index contributed by atoms with van der Waals surface area (Å²) in [6, 6.07) is 1.43. The molecule has 0 saturated carbocycles. The van der Waals surface area contributed by atoms with Crippen molar-refractivity contribution in [2.45, 2.75) is 58.8 Å². The molecule has 0 spiro atoms. The Labute approximate surface area is 130 Å². The van der Waals surface area contributed by atoms with Gasteiger partial charge >= 0.3 is 11.9 Å². The molecule has 0 amide bonds. The summed E-state index contributed by atoms with van der Waals surface area (Å²) < 4.78 is 15.7. The zero-order chi connectivity index (χ0) is 17.0. The molecule has 7 nitrogen and oxygen atoms in total. The molecule has 0 bridgehead atoms. The van der Waals surface area contributed by atoms with Gasteiger partial charge in [0.25, 0.3) is 6.10 Å². The summed E-state index contributed by atoms with van der Waals surface area (Å²) in [5.41, 5.74) is -1.52. The van der Waals surface area contributed by atoms with Gasteiger partial charge in [0, 0.05) is 12.3 Å². The van der Waals surface area contributed by atoms with Gasteiger partial charge in [-0.1, -0.05) is 0 Å². The Kier molecular flexibility index (Phi) is 5.46. The zero-order valence-corrected chi connectivity index (χ0v) is 13.7. The number of hydrogen-bond acceptors (Lipinski definition) is 7. The van der Waals surface area contributed by atoms with Gasteiger partial charge in [-0.15, -0.1) is 0 Å². The van der Waals surface area contributed by atoms with Crippen LogP contribution >= 0.6 is 0 Å². The molecule has 0 unspecified atom stereocenters. The molecule has 7 heteroatoms. The highest BCUT2D eigenvalue weighted by Gasteiger charge is 2.37. The van der Waals surface area contributed by atoms with Crippen LogP contribution < -0.4 is 4.74 Å². The largest absolute Gasteiger partial charge is 0.457 e. The van der Waals surface area contributed by atoms with Crippen molar-refractivity contribution in [3.8, 4) is 5.88 Å². The van der Waals surface area contributed by atoms with E-state index in [1.165, 1.54) is 18.6 Å². The first-order valence-electron chi connectivity index (χ1n) is 6.86. The van der Waals surface area contributed by atoms with Gasteiger partial charge in [0.15, 0.2) is 0 Å². The van der Waals surface area contributed by atoms with Gasteiger partial charge in [-0.25, -0.2) is 19.6 Å². The van der Waals surface area contributed by atoms with Gasteiger partial charge in [0.2, 0.25) is 5.88 Å². The van der Waals surface area contributed by atoms with E-state index in [1.807, 2.05) is 0 Å². The highest BCUT2D eigenvalue weighted by atomic mass is 16.6. The zero-order valence-electron chi connectivity index (χ0n) is 13.7. The summed E-state index contributed by atoms with van der Waals surface area (Å²) in [4.78, 5) is 32.0. The lowest BCUT2D eigenvalue weighted by Gasteiger charge is -2.26. The van der Waals surface area contributed by atoms with Crippen molar-refractivity contribution in [1.82, 2.24) is 9.97 Å². The Balaban J connectivity index is 2.94. The minimum absolute atomic E-state index is 0.0803. The van der Waals surface area contributed by atoms with E-state index in [9.17, 15) is 9.59 Å². The van der Waals surface area contributed by atoms with Crippen LogP contribution in [-0.2, 0) is 19.1 Å². The van der Waals surface area contributed by atoms with E-state index in [4.69, 9.17) is 14.2 Å². The first-order valence-corrected chi connectivity index (χ1v) is 6.86. The van der Waals surface area contributed by atoms with Gasteiger partial charge in [-0.05, 0) is 41.5 Å². The van der Waals surface area contributed by atoms with Crippen molar-refractivity contribution in [2.24, 2.45) is 0 Å².